The maximum absolute atomic E-state index is 11.9. The van der Waals surface area contributed by atoms with E-state index in [9.17, 15) is 9.90 Å². The third kappa shape index (κ3) is 5.36. The van der Waals surface area contributed by atoms with Crippen molar-refractivity contribution >= 4 is 5.91 Å². The molecular formula is C16H24N2O3. The van der Waals surface area contributed by atoms with Crippen LogP contribution in [0.15, 0.2) is 24.3 Å². The van der Waals surface area contributed by atoms with Crippen LogP contribution in [0.3, 0.4) is 0 Å². The van der Waals surface area contributed by atoms with E-state index < -0.39 is 6.04 Å². The number of amides is 1. The standard InChI is InChI=1S/C16H24N2O3/c17-15(11-12-4-6-13(19)7-5-12)16(20)18-9-8-14-3-1-2-10-21-14/h4-7,14-15,19H,1-3,8-11,17H2,(H,18,20). The van der Waals surface area contributed by atoms with Crippen LogP contribution in [0.25, 0.3) is 0 Å². The number of carbonyl (C=O) groups is 1. The van der Waals surface area contributed by atoms with Crippen LogP contribution in [0.5, 0.6) is 5.75 Å². The van der Waals surface area contributed by atoms with Crippen LogP contribution < -0.4 is 11.1 Å². The molecule has 2 rings (SSSR count). The van der Waals surface area contributed by atoms with E-state index in [-0.39, 0.29) is 17.8 Å². The Labute approximate surface area is 125 Å². The van der Waals surface area contributed by atoms with Gasteiger partial charge in [0.1, 0.15) is 5.75 Å². The predicted octanol–water partition coefficient (Wildman–Crippen LogP) is 1.34. The van der Waals surface area contributed by atoms with Gasteiger partial charge in [-0.05, 0) is 49.8 Å². The number of aromatic hydroxyl groups is 1. The van der Waals surface area contributed by atoms with Gasteiger partial charge >= 0.3 is 0 Å². The molecule has 0 aromatic heterocycles. The highest BCUT2D eigenvalue weighted by molar-refractivity contribution is 5.81. The summed E-state index contributed by atoms with van der Waals surface area (Å²) in [5.41, 5.74) is 6.84. The summed E-state index contributed by atoms with van der Waals surface area (Å²) in [6.45, 7) is 1.44. The predicted molar refractivity (Wildman–Crippen MR) is 81.0 cm³/mol. The lowest BCUT2D eigenvalue weighted by molar-refractivity contribution is -0.122. The fraction of sp³-hybridized carbons (Fsp3) is 0.562. The first-order chi connectivity index (χ1) is 10.1. The Hall–Kier alpha value is -1.59. The summed E-state index contributed by atoms with van der Waals surface area (Å²) in [5.74, 6) is 0.0724. The van der Waals surface area contributed by atoms with Crippen molar-refractivity contribution in [1.29, 1.82) is 0 Å². The molecular weight excluding hydrogens is 268 g/mol. The maximum atomic E-state index is 11.9. The Morgan fingerprint density at radius 2 is 2.14 bits per heavy atom. The van der Waals surface area contributed by atoms with Crippen LogP contribution in [-0.2, 0) is 16.0 Å². The molecule has 116 valence electrons. The van der Waals surface area contributed by atoms with Gasteiger partial charge < -0.3 is 20.9 Å². The molecule has 1 fully saturated rings. The van der Waals surface area contributed by atoms with Crippen LogP contribution in [0, 0.1) is 0 Å². The van der Waals surface area contributed by atoms with Gasteiger partial charge in [-0.25, -0.2) is 0 Å². The summed E-state index contributed by atoms with van der Waals surface area (Å²) in [4.78, 5) is 11.9. The van der Waals surface area contributed by atoms with Crippen molar-refractivity contribution < 1.29 is 14.6 Å². The quantitative estimate of drug-likeness (QED) is 0.738. The lowest BCUT2D eigenvalue weighted by atomic mass is 10.0. The van der Waals surface area contributed by atoms with Crippen molar-refractivity contribution in [3.8, 4) is 5.75 Å². The van der Waals surface area contributed by atoms with Gasteiger partial charge in [0.2, 0.25) is 5.91 Å². The number of rotatable bonds is 6. The molecule has 2 unspecified atom stereocenters. The molecule has 1 aromatic rings. The zero-order valence-corrected chi connectivity index (χ0v) is 12.3. The molecule has 2 atom stereocenters. The molecule has 5 heteroatoms. The average Bonchev–Trinajstić information content (AvgIpc) is 2.50. The number of benzene rings is 1. The van der Waals surface area contributed by atoms with Crippen LogP contribution in [0.4, 0.5) is 0 Å². The number of phenolic OH excluding ortho intramolecular Hbond substituents is 1. The van der Waals surface area contributed by atoms with Gasteiger partial charge in [-0.3, -0.25) is 4.79 Å². The normalized spacial score (nSPS) is 20.0. The number of hydrogen-bond donors (Lipinski definition) is 3. The third-order valence-electron chi connectivity index (χ3n) is 3.77. The van der Waals surface area contributed by atoms with Crippen molar-refractivity contribution in [2.24, 2.45) is 5.73 Å². The smallest absolute Gasteiger partial charge is 0.237 e. The van der Waals surface area contributed by atoms with Gasteiger partial charge in [0.15, 0.2) is 0 Å². The lowest BCUT2D eigenvalue weighted by Gasteiger charge is -2.22. The molecule has 0 radical (unpaired) electrons. The molecule has 5 nitrogen and oxygen atoms in total. The second kappa shape index (κ2) is 8.00. The lowest BCUT2D eigenvalue weighted by Crippen LogP contribution is -2.43. The number of hydrogen-bond acceptors (Lipinski definition) is 4. The minimum absolute atomic E-state index is 0.140. The van der Waals surface area contributed by atoms with Crippen LogP contribution in [-0.4, -0.2) is 36.3 Å². The van der Waals surface area contributed by atoms with Gasteiger partial charge in [-0.2, -0.15) is 0 Å². The monoisotopic (exact) mass is 292 g/mol. The first-order valence-corrected chi connectivity index (χ1v) is 7.58. The Morgan fingerprint density at radius 1 is 1.38 bits per heavy atom. The summed E-state index contributed by atoms with van der Waals surface area (Å²) in [6.07, 6.45) is 5.01. The zero-order chi connectivity index (χ0) is 15.1. The van der Waals surface area contributed by atoms with Crippen molar-refractivity contribution in [2.45, 2.75) is 44.2 Å². The maximum Gasteiger partial charge on any atom is 0.237 e. The molecule has 21 heavy (non-hydrogen) atoms. The summed E-state index contributed by atoms with van der Waals surface area (Å²) < 4.78 is 5.62. The molecule has 0 spiro atoms. The molecule has 0 aliphatic carbocycles. The van der Waals surface area contributed by atoms with Crippen molar-refractivity contribution in [1.82, 2.24) is 5.32 Å². The van der Waals surface area contributed by atoms with E-state index in [2.05, 4.69) is 5.32 Å². The third-order valence-corrected chi connectivity index (χ3v) is 3.77. The Balaban J connectivity index is 1.68. The molecule has 1 aromatic carbocycles. The summed E-state index contributed by atoms with van der Waals surface area (Å²) in [5, 5.41) is 12.1. The summed E-state index contributed by atoms with van der Waals surface area (Å²) in [6, 6.07) is 6.18. The van der Waals surface area contributed by atoms with E-state index in [0.29, 0.717) is 13.0 Å². The molecule has 0 bridgehead atoms. The first-order valence-electron chi connectivity index (χ1n) is 7.58. The number of nitrogens with two attached hydrogens (primary N) is 1. The molecule has 1 aliphatic rings. The Kier molecular flexibility index (Phi) is 6.02. The van der Waals surface area contributed by atoms with Gasteiger partial charge in [0.25, 0.3) is 0 Å². The van der Waals surface area contributed by atoms with Crippen molar-refractivity contribution in [2.75, 3.05) is 13.2 Å². The second-order valence-electron chi connectivity index (χ2n) is 5.55. The van der Waals surface area contributed by atoms with E-state index in [0.717, 1.165) is 31.4 Å². The molecule has 0 saturated carbocycles. The number of phenols is 1. The average molecular weight is 292 g/mol. The van der Waals surface area contributed by atoms with E-state index >= 15 is 0 Å². The van der Waals surface area contributed by atoms with E-state index in [1.807, 2.05) is 0 Å². The van der Waals surface area contributed by atoms with Gasteiger partial charge in [-0.15, -0.1) is 0 Å². The second-order valence-corrected chi connectivity index (χ2v) is 5.55. The van der Waals surface area contributed by atoms with Crippen molar-refractivity contribution in [3.05, 3.63) is 29.8 Å². The highest BCUT2D eigenvalue weighted by Gasteiger charge is 2.16. The largest absolute Gasteiger partial charge is 0.508 e. The molecule has 1 saturated heterocycles. The molecule has 1 amide bonds. The van der Waals surface area contributed by atoms with Gasteiger partial charge in [0.05, 0.1) is 12.1 Å². The Morgan fingerprint density at radius 3 is 2.81 bits per heavy atom. The van der Waals surface area contributed by atoms with Crippen LogP contribution >= 0.6 is 0 Å². The SMILES string of the molecule is NC(Cc1ccc(O)cc1)C(=O)NCCC1CCCCO1. The van der Waals surface area contributed by atoms with Crippen LogP contribution in [0.1, 0.15) is 31.2 Å². The molecule has 1 aliphatic heterocycles. The summed E-state index contributed by atoms with van der Waals surface area (Å²) in [7, 11) is 0. The highest BCUT2D eigenvalue weighted by Crippen LogP contribution is 2.15. The van der Waals surface area contributed by atoms with Crippen molar-refractivity contribution in [3.63, 3.8) is 0 Å². The fourth-order valence-corrected chi connectivity index (χ4v) is 2.50. The minimum Gasteiger partial charge on any atom is -0.508 e. The molecule has 4 N–H and O–H groups in total. The molecule has 1 heterocycles. The summed E-state index contributed by atoms with van der Waals surface area (Å²) >= 11 is 0. The number of ether oxygens (including phenoxy) is 1. The van der Waals surface area contributed by atoms with Crippen LogP contribution in [0.2, 0.25) is 0 Å². The van der Waals surface area contributed by atoms with E-state index in [1.165, 1.54) is 6.42 Å². The van der Waals surface area contributed by atoms with E-state index in [4.69, 9.17) is 10.5 Å². The minimum atomic E-state index is -0.568. The number of nitrogens with one attached hydrogen (secondary N) is 1. The first kappa shape index (κ1) is 15.8. The number of carbonyl (C=O) groups excluding carboxylic acids is 1. The Bertz CT molecular complexity index is 441. The topological polar surface area (TPSA) is 84.6 Å². The van der Waals surface area contributed by atoms with Gasteiger partial charge in [-0.1, -0.05) is 12.1 Å². The highest BCUT2D eigenvalue weighted by atomic mass is 16.5. The zero-order valence-electron chi connectivity index (χ0n) is 12.3. The van der Waals surface area contributed by atoms with Gasteiger partial charge in [0, 0.05) is 13.2 Å². The fourth-order valence-electron chi connectivity index (χ4n) is 2.50. The van der Waals surface area contributed by atoms with E-state index in [1.54, 1.807) is 24.3 Å².